The Morgan fingerprint density at radius 3 is 2.16 bits per heavy atom. The maximum absolute atomic E-state index is 13.2. The number of hydrogen-bond acceptors (Lipinski definition) is 4. The van der Waals surface area contributed by atoms with Crippen LogP contribution >= 0.6 is 0 Å². The first kappa shape index (κ1) is 23.8. The Hall–Kier alpha value is -2.90. The van der Waals surface area contributed by atoms with Gasteiger partial charge in [0, 0.05) is 32.2 Å². The molecule has 0 spiro atoms. The van der Waals surface area contributed by atoms with Crippen molar-refractivity contribution in [1.82, 2.24) is 20.4 Å². The molecule has 0 saturated carbocycles. The minimum Gasteiger partial charge on any atom is -0.378 e. The monoisotopic (exact) mass is 438 g/mol. The molecule has 2 atom stereocenters. The van der Waals surface area contributed by atoms with Gasteiger partial charge in [-0.05, 0) is 31.6 Å². The summed E-state index contributed by atoms with van der Waals surface area (Å²) in [7, 11) is 4.03. The van der Waals surface area contributed by atoms with Gasteiger partial charge >= 0.3 is 6.03 Å². The molecule has 3 amide bonds. The van der Waals surface area contributed by atoms with Crippen LogP contribution < -0.4 is 10.6 Å². The van der Waals surface area contributed by atoms with E-state index in [1.54, 1.807) is 0 Å². The number of amides is 3. The Kier molecular flexibility index (Phi) is 9.07. The predicted octanol–water partition coefficient (Wildman–Crippen LogP) is 2.10. The Labute approximate surface area is 190 Å². The molecule has 2 N–H and O–H groups in total. The molecule has 32 heavy (non-hydrogen) atoms. The molecule has 172 valence electrons. The van der Waals surface area contributed by atoms with E-state index in [2.05, 4.69) is 27.7 Å². The van der Waals surface area contributed by atoms with Crippen molar-refractivity contribution in [2.75, 3.05) is 53.5 Å². The Bertz CT molecular complexity index is 839. The quantitative estimate of drug-likeness (QED) is 0.629. The molecule has 0 radical (unpaired) electrons. The van der Waals surface area contributed by atoms with Gasteiger partial charge in [-0.2, -0.15) is 0 Å². The summed E-state index contributed by atoms with van der Waals surface area (Å²) in [5.74, 6) is -0.399. The second kappa shape index (κ2) is 12.2. The number of benzene rings is 2. The van der Waals surface area contributed by atoms with Crippen LogP contribution in [0.25, 0.3) is 0 Å². The number of carbonyl (C=O) groups excluding carboxylic acids is 2. The Morgan fingerprint density at radius 1 is 0.938 bits per heavy atom. The normalized spacial score (nSPS) is 15.8. The van der Waals surface area contributed by atoms with Gasteiger partial charge in [-0.1, -0.05) is 60.7 Å². The lowest BCUT2D eigenvalue weighted by Crippen LogP contribution is -2.48. The lowest BCUT2D eigenvalue weighted by Gasteiger charge is -2.31. The summed E-state index contributed by atoms with van der Waals surface area (Å²) in [6, 6.07) is 19.8. The number of urea groups is 1. The first-order valence-electron chi connectivity index (χ1n) is 11.2. The highest BCUT2D eigenvalue weighted by Crippen LogP contribution is 2.19. The number of ether oxygens (including phenoxy) is 1. The molecule has 1 aliphatic rings. The highest BCUT2D eigenvalue weighted by molar-refractivity contribution is 5.85. The second-order valence-electron chi connectivity index (χ2n) is 8.30. The fourth-order valence-corrected chi connectivity index (χ4v) is 3.83. The topological polar surface area (TPSA) is 73.9 Å². The third kappa shape index (κ3) is 7.07. The van der Waals surface area contributed by atoms with E-state index in [4.69, 9.17) is 4.74 Å². The van der Waals surface area contributed by atoms with Gasteiger partial charge in [-0.25, -0.2) is 4.79 Å². The summed E-state index contributed by atoms with van der Waals surface area (Å²) in [5, 5.41) is 5.89. The lowest BCUT2D eigenvalue weighted by molar-refractivity contribution is -0.136. The van der Waals surface area contributed by atoms with Gasteiger partial charge in [0.05, 0.1) is 19.1 Å². The van der Waals surface area contributed by atoms with Crippen LogP contribution in [0.15, 0.2) is 60.7 Å². The first-order valence-corrected chi connectivity index (χ1v) is 11.2. The molecule has 0 aromatic heterocycles. The van der Waals surface area contributed by atoms with Crippen molar-refractivity contribution in [3.8, 4) is 0 Å². The van der Waals surface area contributed by atoms with Gasteiger partial charge in [0.2, 0.25) is 5.91 Å². The van der Waals surface area contributed by atoms with Crippen LogP contribution in [0.1, 0.15) is 17.0 Å². The van der Waals surface area contributed by atoms with Crippen molar-refractivity contribution in [1.29, 1.82) is 0 Å². The number of carbonyl (C=O) groups is 2. The van der Waals surface area contributed by atoms with Crippen LogP contribution in [0, 0.1) is 0 Å². The van der Waals surface area contributed by atoms with Crippen molar-refractivity contribution >= 4 is 11.9 Å². The van der Waals surface area contributed by atoms with Gasteiger partial charge < -0.3 is 25.2 Å². The molecular weight excluding hydrogens is 404 g/mol. The highest BCUT2D eigenvalue weighted by Gasteiger charge is 2.27. The molecule has 2 aromatic carbocycles. The van der Waals surface area contributed by atoms with Crippen molar-refractivity contribution in [2.45, 2.75) is 18.4 Å². The molecule has 3 rings (SSSR count). The third-order valence-corrected chi connectivity index (χ3v) is 5.83. The lowest BCUT2D eigenvalue weighted by atomic mass is 9.97. The van der Waals surface area contributed by atoms with E-state index in [0.29, 0.717) is 32.8 Å². The Morgan fingerprint density at radius 2 is 1.53 bits per heavy atom. The molecule has 0 bridgehead atoms. The van der Waals surface area contributed by atoms with E-state index < -0.39 is 5.92 Å². The van der Waals surface area contributed by atoms with Gasteiger partial charge in [0.25, 0.3) is 0 Å². The third-order valence-electron chi connectivity index (χ3n) is 5.83. The van der Waals surface area contributed by atoms with Crippen molar-refractivity contribution in [2.24, 2.45) is 0 Å². The Balaban J connectivity index is 1.56. The molecule has 2 unspecified atom stereocenters. The summed E-state index contributed by atoms with van der Waals surface area (Å²) in [4.78, 5) is 29.7. The number of likely N-dealkylation sites (N-methyl/N-ethyl adjacent to an activating group) is 1. The van der Waals surface area contributed by atoms with Crippen LogP contribution in [0.3, 0.4) is 0 Å². The van der Waals surface area contributed by atoms with Crippen LogP contribution in [0.2, 0.25) is 0 Å². The summed E-state index contributed by atoms with van der Waals surface area (Å²) in [6.45, 7) is 3.03. The zero-order valence-corrected chi connectivity index (χ0v) is 19.0. The van der Waals surface area contributed by atoms with Crippen LogP contribution in [0.5, 0.6) is 0 Å². The van der Waals surface area contributed by atoms with Crippen LogP contribution in [0.4, 0.5) is 4.79 Å². The molecule has 1 aliphatic heterocycles. The van der Waals surface area contributed by atoms with Gasteiger partial charge in [0.15, 0.2) is 0 Å². The minimum absolute atomic E-state index is 0.0232. The average Bonchev–Trinajstić information content (AvgIpc) is 2.83. The number of hydrogen-bond donors (Lipinski definition) is 2. The second-order valence-corrected chi connectivity index (χ2v) is 8.30. The number of nitrogens with zero attached hydrogens (tertiary/aromatic N) is 2. The van der Waals surface area contributed by atoms with E-state index in [1.165, 1.54) is 5.56 Å². The molecule has 7 heteroatoms. The van der Waals surface area contributed by atoms with Crippen molar-refractivity contribution in [3.63, 3.8) is 0 Å². The highest BCUT2D eigenvalue weighted by atomic mass is 16.5. The van der Waals surface area contributed by atoms with Crippen molar-refractivity contribution in [3.05, 3.63) is 71.8 Å². The fraction of sp³-hybridized carbons (Fsp3) is 0.440. The maximum Gasteiger partial charge on any atom is 0.314 e. The summed E-state index contributed by atoms with van der Waals surface area (Å²) < 4.78 is 5.37. The fourth-order valence-electron chi connectivity index (χ4n) is 3.83. The summed E-state index contributed by atoms with van der Waals surface area (Å²) in [6.07, 6.45) is 0.844. The minimum atomic E-state index is -0.422. The number of nitrogens with one attached hydrogen (secondary N) is 2. The summed E-state index contributed by atoms with van der Waals surface area (Å²) in [5.41, 5.74) is 2.13. The van der Waals surface area contributed by atoms with E-state index in [0.717, 1.165) is 12.0 Å². The van der Waals surface area contributed by atoms with E-state index >= 15 is 0 Å². The molecule has 1 heterocycles. The van der Waals surface area contributed by atoms with E-state index in [1.807, 2.05) is 67.5 Å². The molecule has 2 aromatic rings. The van der Waals surface area contributed by atoms with Crippen LogP contribution in [-0.2, 0) is 16.0 Å². The van der Waals surface area contributed by atoms with Gasteiger partial charge in [-0.15, -0.1) is 0 Å². The zero-order valence-electron chi connectivity index (χ0n) is 19.0. The molecule has 7 nitrogen and oxygen atoms in total. The predicted molar refractivity (Wildman–Crippen MR) is 126 cm³/mol. The van der Waals surface area contributed by atoms with E-state index in [9.17, 15) is 9.59 Å². The average molecular weight is 439 g/mol. The number of rotatable bonds is 9. The SMILES string of the molecule is CN(C)C(CNC(=O)NCC(C(=O)N1CCOCC1)c1ccccc1)Cc1ccccc1. The zero-order chi connectivity index (χ0) is 22.8. The summed E-state index contributed by atoms with van der Waals surface area (Å²) >= 11 is 0. The van der Waals surface area contributed by atoms with Crippen LogP contribution in [-0.4, -0.2) is 81.3 Å². The molecule has 1 fully saturated rings. The van der Waals surface area contributed by atoms with E-state index in [-0.39, 0.29) is 24.5 Å². The van der Waals surface area contributed by atoms with Crippen molar-refractivity contribution < 1.29 is 14.3 Å². The molecule has 1 saturated heterocycles. The first-order chi connectivity index (χ1) is 15.5. The number of morpholine rings is 1. The maximum atomic E-state index is 13.2. The molecular formula is C25H34N4O3. The smallest absolute Gasteiger partial charge is 0.314 e. The van der Waals surface area contributed by atoms with Gasteiger partial charge in [-0.3, -0.25) is 4.79 Å². The largest absolute Gasteiger partial charge is 0.378 e. The molecule has 0 aliphatic carbocycles. The van der Waals surface area contributed by atoms with Gasteiger partial charge in [0.1, 0.15) is 0 Å². The standard InChI is InChI=1S/C25H34N4O3/c1-28(2)22(17-20-9-5-3-6-10-20)18-26-25(31)27-19-23(21-11-7-4-8-12-21)24(30)29-13-15-32-16-14-29/h3-12,22-23H,13-19H2,1-2H3,(H2,26,27,31).